The third kappa shape index (κ3) is 5.22. The van der Waals surface area contributed by atoms with Gasteiger partial charge in [-0.15, -0.1) is 0 Å². The van der Waals surface area contributed by atoms with E-state index in [2.05, 4.69) is 33.1 Å². The van der Waals surface area contributed by atoms with Crippen LogP contribution in [0.1, 0.15) is 11.1 Å². The molecule has 5 nitrogen and oxygen atoms in total. The number of rotatable bonds is 5. The average molecular weight is 353 g/mol. The second-order valence-corrected chi connectivity index (χ2v) is 5.70. The molecule has 0 aliphatic rings. The zero-order valence-corrected chi connectivity index (χ0v) is 14.1. The SMILES string of the molecule is Fc1ccc(NC(=S)N/N=C\c2cnn(Cc3ccccc3)c2)cc1. The van der Waals surface area contributed by atoms with E-state index in [4.69, 9.17) is 12.2 Å². The fourth-order valence-corrected chi connectivity index (χ4v) is 2.33. The van der Waals surface area contributed by atoms with Crippen LogP contribution in [0.5, 0.6) is 0 Å². The summed E-state index contributed by atoms with van der Waals surface area (Å²) in [5.74, 6) is -0.296. The Morgan fingerprint density at radius 3 is 2.68 bits per heavy atom. The number of nitrogens with zero attached hydrogens (tertiary/aromatic N) is 3. The van der Waals surface area contributed by atoms with Crippen molar-refractivity contribution in [3.05, 3.63) is 83.9 Å². The second kappa shape index (κ2) is 8.16. The van der Waals surface area contributed by atoms with Crippen LogP contribution >= 0.6 is 12.2 Å². The van der Waals surface area contributed by atoms with Gasteiger partial charge in [-0.1, -0.05) is 30.3 Å². The van der Waals surface area contributed by atoms with Crippen LogP contribution in [0, 0.1) is 5.82 Å². The Hall–Kier alpha value is -3.06. The number of nitrogens with one attached hydrogen (secondary N) is 2. The van der Waals surface area contributed by atoms with Gasteiger partial charge < -0.3 is 5.32 Å². The molecular formula is C18H16FN5S. The summed E-state index contributed by atoms with van der Waals surface area (Å²) < 4.78 is 14.7. The standard InChI is InChI=1S/C18H16FN5S/c19-16-6-8-17(9-7-16)22-18(25)23-20-10-15-11-21-24(13-15)12-14-4-2-1-3-5-14/h1-11,13H,12H2,(H2,22,23,25)/b20-10-. The summed E-state index contributed by atoms with van der Waals surface area (Å²) in [6.45, 7) is 0.701. The first kappa shape index (κ1) is 16.8. The molecule has 7 heteroatoms. The van der Waals surface area contributed by atoms with E-state index in [1.807, 2.05) is 29.1 Å². The minimum atomic E-state index is -0.296. The minimum absolute atomic E-state index is 0.296. The number of hydrazone groups is 1. The lowest BCUT2D eigenvalue weighted by Gasteiger charge is -2.06. The van der Waals surface area contributed by atoms with Gasteiger partial charge in [0.25, 0.3) is 0 Å². The normalized spacial score (nSPS) is 10.8. The average Bonchev–Trinajstić information content (AvgIpc) is 3.05. The Labute approximate surface area is 150 Å². The first-order valence-corrected chi connectivity index (χ1v) is 8.02. The highest BCUT2D eigenvalue weighted by atomic mass is 32.1. The Bertz CT molecular complexity index is 859. The maximum Gasteiger partial charge on any atom is 0.191 e. The molecule has 0 unspecified atom stereocenters. The molecule has 2 N–H and O–H groups in total. The fraction of sp³-hybridized carbons (Fsp3) is 0.0556. The number of anilines is 1. The molecule has 0 spiro atoms. The molecule has 0 saturated carbocycles. The summed E-state index contributed by atoms with van der Waals surface area (Å²) in [6.07, 6.45) is 5.26. The van der Waals surface area contributed by atoms with Crippen molar-refractivity contribution in [1.29, 1.82) is 0 Å². The monoisotopic (exact) mass is 353 g/mol. The van der Waals surface area contributed by atoms with Crippen molar-refractivity contribution in [3.8, 4) is 0 Å². The highest BCUT2D eigenvalue weighted by Crippen LogP contribution is 2.07. The molecule has 3 aromatic rings. The van der Waals surface area contributed by atoms with E-state index in [0.717, 1.165) is 5.56 Å². The lowest BCUT2D eigenvalue weighted by atomic mass is 10.2. The van der Waals surface area contributed by atoms with Crippen molar-refractivity contribution in [3.63, 3.8) is 0 Å². The number of aromatic nitrogens is 2. The van der Waals surface area contributed by atoms with Crippen LogP contribution in [0.3, 0.4) is 0 Å². The molecule has 0 fully saturated rings. The summed E-state index contributed by atoms with van der Waals surface area (Å²) >= 11 is 5.13. The molecule has 0 bridgehead atoms. The number of thiocarbonyl (C=S) groups is 1. The third-order valence-corrected chi connectivity index (χ3v) is 3.52. The van der Waals surface area contributed by atoms with Gasteiger partial charge in [0.1, 0.15) is 5.82 Å². The molecule has 126 valence electrons. The van der Waals surface area contributed by atoms with Gasteiger partial charge in [0.2, 0.25) is 0 Å². The number of halogens is 1. The molecule has 0 amide bonds. The Kier molecular flexibility index (Phi) is 5.48. The summed E-state index contributed by atoms with van der Waals surface area (Å²) in [4.78, 5) is 0. The Morgan fingerprint density at radius 1 is 1.16 bits per heavy atom. The topological polar surface area (TPSA) is 54.2 Å². The van der Waals surface area contributed by atoms with Gasteiger partial charge in [0.05, 0.1) is 19.0 Å². The van der Waals surface area contributed by atoms with Crippen molar-refractivity contribution < 1.29 is 4.39 Å². The smallest absolute Gasteiger partial charge is 0.191 e. The molecule has 1 aromatic heterocycles. The van der Waals surface area contributed by atoms with Crippen LogP contribution in [0.2, 0.25) is 0 Å². The zero-order valence-electron chi connectivity index (χ0n) is 13.3. The summed E-state index contributed by atoms with van der Waals surface area (Å²) in [5, 5.41) is 11.6. The van der Waals surface area contributed by atoms with Crippen molar-refractivity contribution in [2.45, 2.75) is 6.54 Å². The maximum atomic E-state index is 12.8. The predicted molar refractivity (Wildman–Crippen MR) is 101 cm³/mol. The highest BCUT2D eigenvalue weighted by Gasteiger charge is 1.99. The number of benzene rings is 2. The van der Waals surface area contributed by atoms with Gasteiger partial charge in [0.15, 0.2) is 5.11 Å². The second-order valence-electron chi connectivity index (χ2n) is 5.29. The van der Waals surface area contributed by atoms with E-state index in [1.54, 1.807) is 24.5 Å². The largest absolute Gasteiger partial charge is 0.331 e. The molecule has 0 aliphatic carbocycles. The van der Waals surface area contributed by atoms with Crippen LogP contribution in [-0.2, 0) is 6.54 Å². The van der Waals surface area contributed by atoms with E-state index in [1.165, 1.54) is 17.7 Å². The first-order chi connectivity index (χ1) is 12.2. The summed E-state index contributed by atoms with van der Waals surface area (Å²) in [5.41, 5.74) is 5.43. The summed E-state index contributed by atoms with van der Waals surface area (Å²) in [6, 6.07) is 16.0. The van der Waals surface area contributed by atoms with Gasteiger partial charge in [-0.3, -0.25) is 10.1 Å². The number of hydrogen-bond acceptors (Lipinski definition) is 3. The van der Waals surface area contributed by atoms with Crippen LogP contribution in [0.15, 0.2) is 72.1 Å². The molecular weight excluding hydrogens is 337 g/mol. The van der Waals surface area contributed by atoms with Crippen LogP contribution < -0.4 is 10.7 Å². The fourth-order valence-electron chi connectivity index (χ4n) is 2.16. The van der Waals surface area contributed by atoms with E-state index in [0.29, 0.717) is 17.3 Å². The molecule has 0 atom stereocenters. The minimum Gasteiger partial charge on any atom is -0.331 e. The van der Waals surface area contributed by atoms with Crippen molar-refractivity contribution in [2.75, 3.05) is 5.32 Å². The Balaban J connectivity index is 1.50. The van der Waals surface area contributed by atoms with Gasteiger partial charge in [-0.2, -0.15) is 10.2 Å². The maximum absolute atomic E-state index is 12.8. The van der Waals surface area contributed by atoms with Crippen LogP contribution in [0.25, 0.3) is 0 Å². The van der Waals surface area contributed by atoms with Crippen molar-refractivity contribution in [2.24, 2.45) is 5.10 Å². The third-order valence-electron chi connectivity index (χ3n) is 3.32. The van der Waals surface area contributed by atoms with Crippen molar-refractivity contribution >= 4 is 29.2 Å². The van der Waals surface area contributed by atoms with Crippen molar-refractivity contribution in [1.82, 2.24) is 15.2 Å². The molecule has 0 radical (unpaired) electrons. The van der Waals surface area contributed by atoms with Crippen LogP contribution in [-0.4, -0.2) is 21.1 Å². The highest BCUT2D eigenvalue weighted by molar-refractivity contribution is 7.80. The first-order valence-electron chi connectivity index (χ1n) is 7.61. The van der Waals surface area contributed by atoms with E-state index in [-0.39, 0.29) is 5.82 Å². The zero-order chi connectivity index (χ0) is 17.5. The lowest BCUT2D eigenvalue weighted by molar-refractivity contribution is 0.628. The van der Waals surface area contributed by atoms with E-state index < -0.39 is 0 Å². The summed E-state index contributed by atoms with van der Waals surface area (Å²) in [7, 11) is 0. The van der Waals surface area contributed by atoms with E-state index >= 15 is 0 Å². The molecule has 25 heavy (non-hydrogen) atoms. The number of hydrogen-bond donors (Lipinski definition) is 2. The lowest BCUT2D eigenvalue weighted by Crippen LogP contribution is -2.23. The van der Waals surface area contributed by atoms with Gasteiger partial charge in [-0.25, -0.2) is 4.39 Å². The molecule has 3 rings (SSSR count). The predicted octanol–water partition coefficient (Wildman–Crippen LogP) is 3.39. The molecule has 2 aromatic carbocycles. The van der Waals surface area contributed by atoms with Gasteiger partial charge >= 0.3 is 0 Å². The molecule has 0 aliphatic heterocycles. The quantitative estimate of drug-likeness (QED) is 0.419. The Morgan fingerprint density at radius 2 is 1.92 bits per heavy atom. The van der Waals surface area contributed by atoms with Crippen LogP contribution in [0.4, 0.5) is 10.1 Å². The van der Waals surface area contributed by atoms with E-state index in [9.17, 15) is 4.39 Å². The molecule has 1 heterocycles. The van der Waals surface area contributed by atoms with Gasteiger partial charge in [0, 0.05) is 17.4 Å². The molecule has 0 saturated heterocycles. The van der Waals surface area contributed by atoms with Gasteiger partial charge in [-0.05, 0) is 42.0 Å².